The van der Waals surface area contributed by atoms with Crippen molar-refractivity contribution < 1.29 is 4.42 Å². The lowest BCUT2D eigenvalue weighted by atomic mass is 10.1. The van der Waals surface area contributed by atoms with Gasteiger partial charge in [-0.1, -0.05) is 0 Å². The number of anilines is 1. The van der Waals surface area contributed by atoms with Crippen molar-refractivity contribution in [2.75, 3.05) is 25.0 Å². The number of nitrogens with one attached hydrogen (secondary N) is 2. The van der Waals surface area contributed by atoms with Gasteiger partial charge in [-0.3, -0.25) is 0 Å². The van der Waals surface area contributed by atoms with Gasteiger partial charge in [0, 0.05) is 19.2 Å². The van der Waals surface area contributed by atoms with Crippen LogP contribution in [0.15, 0.2) is 22.6 Å². The lowest BCUT2D eigenvalue weighted by molar-refractivity contribution is 0.549. The highest BCUT2D eigenvalue weighted by Crippen LogP contribution is 2.20. The van der Waals surface area contributed by atoms with E-state index in [0.29, 0.717) is 0 Å². The number of aryl methyl sites for hydroxylation is 1. The van der Waals surface area contributed by atoms with Crippen LogP contribution in [0, 0.1) is 12.8 Å². The number of rotatable bonds is 4. The maximum absolute atomic E-state index is 5.46. The van der Waals surface area contributed by atoms with Crippen LogP contribution in [0.5, 0.6) is 0 Å². The van der Waals surface area contributed by atoms with Crippen LogP contribution >= 0.6 is 0 Å². The Bertz CT molecular complexity index is 529. The lowest BCUT2D eigenvalue weighted by Gasteiger charge is -2.10. The molecule has 0 radical (unpaired) electrons. The minimum Gasteiger partial charge on any atom is -0.441 e. The number of fused-ring (bicyclic) bond motifs is 1. The molecule has 1 aliphatic heterocycles. The lowest BCUT2D eigenvalue weighted by Crippen LogP contribution is -2.12. The first kappa shape index (κ1) is 11.5. The summed E-state index contributed by atoms with van der Waals surface area (Å²) in [4.78, 5) is 4.34. The smallest absolute Gasteiger partial charge is 0.192 e. The van der Waals surface area contributed by atoms with Gasteiger partial charge in [-0.2, -0.15) is 0 Å². The van der Waals surface area contributed by atoms with Crippen molar-refractivity contribution in [2.24, 2.45) is 5.92 Å². The molecule has 2 heterocycles. The third-order valence-corrected chi connectivity index (χ3v) is 3.54. The van der Waals surface area contributed by atoms with Gasteiger partial charge in [0.15, 0.2) is 11.5 Å². The molecule has 0 aliphatic carbocycles. The molecule has 3 rings (SSSR count). The summed E-state index contributed by atoms with van der Waals surface area (Å²) in [6.07, 6.45) is 2.53. The summed E-state index contributed by atoms with van der Waals surface area (Å²) in [5, 5.41) is 6.86. The second-order valence-electron chi connectivity index (χ2n) is 4.99. The summed E-state index contributed by atoms with van der Waals surface area (Å²) in [6, 6.07) is 6.09. The highest BCUT2D eigenvalue weighted by molar-refractivity contribution is 5.77. The van der Waals surface area contributed by atoms with Crippen LogP contribution in [0.4, 0.5) is 5.69 Å². The first-order valence-corrected chi connectivity index (χ1v) is 6.63. The molecule has 0 saturated carbocycles. The third-order valence-electron chi connectivity index (χ3n) is 3.54. The molecular weight excluding hydrogens is 226 g/mol. The minimum absolute atomic E-state index is 0.721. The van der Waals surface area contributed by atoms with Gasteiger partial charge >= 0.3 is 0 Å². The van der Waals surface area contributed by atoms with E-state index in [1.54, 1.807) is 0 Å². The molecule has 1 saturated heterocycles. The molecule has 96 valence electrons. The Labute approximate surface area is 107 Å². The molecule has 1 aliphatic rings. The highest BCUT2D eigenvalue weighted by atomic mass is 16.3. The summed E-state index contributed by atoms with van der Waals surface area (Å²) in [7, 11) is 0. The summed E-state index contributed by atoms with van der Waals surface area (Å²) in [5.74, 6) is 1.55. The molecule has 2 aromatic rings. The molecular formula is C14H19N3O. The second-order valence-corrected chi connectivity index (χ2v) is 4.99. The highest BCUT2D eigenvalue weighted by Gasteiger charge is 2.13. The predicted molar refractivity (Wildman–Crippen MR) is 72.8 cm³/mol. The van der Waals surface area contributed by atoms with Crippen molar-refractivity contribution in [3.05, 3.63) is 24.1 Å². The maximum Gasteiger partial charge on any atom is 0.192 e. The Kier molecular flexibility index (Phi) is 3.19. The van der Waals surface area contributed by atoms with E-state index in [4.69, 9.17) is 4.42 Å². The number of hydrogen-bond acceptors (Lipinski definition) is 4. The number of benzene rings is 1. The van der Waals surface area contributed by atoms with Crippen LogP contribution in [0.1, 0.15) is 18.7 Å². The van der Waals surface area contributed by atoms with Crippen LogP contribution in [0.25, 0.3) is 11.1 Å². The van der Waals surface area contributed by atoms with Crippen molar-refractivity contribution in [1.29, 1.82) is 0 Å². The fraction of sp³-hybridized carbons (Fsp3) is 0.500. The zero-order valence-electron chi connectivity index (χ0n) is 10.7. The average molecular weight is 245 g/mol. The van der Waals surface area contributed by atoms with Gasteiger partial charge in [0.25, 0.3) is 0 Å². The molecule has 2 N–H and O–H groups in total. The van der Waals surface area contributed by atoms with Gasteiger partial charge in [0.1, 0.15) is 5.52 Å². The first-order chi connectivity index (χ1) is 8.81. The topological polar surface area (TPSA) is 50.1 Å². The zero-order chi connectivity index (χ0) is 12.4. The largest absolute Gasteiger partial charge is 0.441 e. The normalized spacial score (nSPS) is 19.5. The van der Waals surface area contributed by atoms with Crippen LogP contribution in [-0.4, -0.2) is 24.6 Å². The van der Waals surface area contributed by atoms with Gasteiger partial charge < -0.3 is 15.1 Å². The Morgan fingerprint density at radius 1 is 1.50 bits per heavy atom. The van der Waals surface area contributed by atoms with E-state index in [2.05, 4.69) is 27.8 Å². The van der Waals surface area contributed by atoms with Gasteiger partial charge in [0.2, 0.25) is 0 Å². The second kappa shape index (κ2) is 4.98. The Balaban J connectivity index is 1.59. The molecule has 1 atom stereocenters. The molecule has 4 heteroatoms. The van der Waals surface area contributed by atoms with Gasteiger partial charge in [0.05, 0.1) is 0 Å². The molecule has 0 spiro atoms. The van der Waals surface area contributed by atoms with E-state index < -0.39 is 0 Å². The van der Waals surface area contributed by atoms with Crippen molar-refractivity contribution in [1.82, 2.24) is 10.3 Å². The fourth-order valence-electron chi connectivity index (χ4n) is 2.53. The molecule has 0 amide bonds. The van der Waals surface area contributed by atoms with Gasteiger partial charge in [-0.05, 0) is 50.0 Å². The number of hydrogen-bond donors (Lipinski definition) is 2. The quantitative estimate of drug-likeness (QED) is 0.869. The van der Waals surface area contributed by atoms with Gasteiger partial charge in [-0.25, -0.2) is 4.98 Å². The van der Waals surface area contributed by atoms with Crippen LogP contribution < -0.4 is 10.6 Å². The molecule has 1 aromatic carbocycles. The molecule has 1 aromatic heterocycles. The molecule has 1 unspecified atom stereocenters. The number of nitrogens with zero attached hydrogens (tertiary/aromatic N) is 1. The van der Waals surface area contributed by atoms with Crippen molar-refractivity contribution in [3.8, 4) is 0 Å². The minimum atomic E-state index is 0.721. The van der Waals surface area contributed by atoms with E-state index in [1.807, 2.05) is 13.0 Å². The summed E-state index contributed by atoms with van der Waals surface area (Å²) >= 11 is 0. The van der Waals surface area contributed by atoms with E-state index in [-0.39, 0.29) is 0 Å². The standard InChI is InChI=1S/C14H19N3O/c1-10-17-13-8-12(2-3-14(13)18-10)16-7-5-11-4-6-15-9-11/h2-3,8,11,15-16H,4-7,9H2,1H3. The summed E-state index contributed by atoms with van der Waals surface area (Å²) < 4.78 is 5.46. The monoisotopic (exact) mass is 245 g/mol. The zero-order valence-corrected chi connectivity index (χ0v) is 10.7. The van der Waals surface area contributed by atoms with E-state index in [1.165, 1.54) is 25.9 Å². The summed E-state index contributed by atoms with van der Waals surface area (Å²) in [6.45, 7) is 5.24. The number of oxazole rings is 1. The van der Waals surface area contributed by atoms with E-state index in [9.17, 15) is 0 Å². The molecule has 1 fully saturated rings. The van der Waals surface area contributed by atoms with E-state index >= 15 is 0 Å². The van der Waals surface area contributed by atoms with Crippen molar-refractivity contribution >= 4 is 16.8 Å². The van der Waals surface area contributed by atoms with Crippen LogP contribution in [0.2, 0.25) is 0 Å². The average Bonchev–Trinajstić information content (AvgIpc) is 2.96. The maximum atomic E-state index is 5.46. The van der Waals surface area contributed by atoms with Crippen LogP contribution in [0.3, 0.4) is 0 Å². The Morgan fingerprint density at radius 3 is 3.28 bits per heavy atom. The van der Waals surface area contributed by atoms with Crippen molar-refractivity contribution in [3.63, 3.8) is 0 Å². The van der Waals surface area contributed by atoms with Crippen LogP contribution in [-0.2, 0) is 0 Å². The number of aromatic nitrogens is 1. The Hall–Kier alpha value is -1.55. The third kappa shape index (κ3) is 2.48. The predicted octanol–water partition coefficient (Wildman–Crippen LogP) is 2.55. The SMILES string of the molecule is Cc1nc2cc(NCCC3CCNC3)ccc2o1. The molecule has 18 heavy (non-hydrogen) atoms. The first-order valence-electron chi connectivity index (χ1n) is 6.63. The van der Waals surface area contributed by atoms with E-state index in [0.717, 1.165) is 35.1 Å². The van der Waals surface area contributed by atoms with Crippen molar-refractivity contribution in [2.45, 2.75) is 19.8 Å². The molecule has 0 bridgehead atoms. The fourth-order valence-corrected chi connectivity index (χ4v) is 2.53. The molecule has 4 nitrogen and oxygen atoms in total. The Morgan fingerprint density at radius 2 is 2.44 bits per heavy atom. The van der Waals surface area contributed by atoms with Gasteiger partial charge in [-0.15, -0.1) is 0 Å². The summed E-state index contributed by atoms with van der Waals surface area (Å²) in [5.41, 5.74) is 2.92.